The van der Waals surface area contributed by atoms with E-state index in [9.17, 15) is 9.36 Å². The van der Waals surface area contributed by atoms with Gasteiger partial charge in [0.1, 0.15) is 0 Å². The molecule has 0 atom stereocenters. The maximum atomic E-state index is 11.4. The number of carbonyl (C=O) groups excluding carboxylic acids is 1. The fourth-order valence-electron chi connectivity index (χ4n) is 2.91. The Kier molecular flexibility index (Phi) is 16.4. The molecule has 0 aromatic heterocycles. The molecule has 0 fully saturated rings. The first-order chi connectivity index (χ1) is 12.3. The van der Waals surface area contributed by atoms with Gasteiger partial charge < -0.3 is 9.79 Å². The van der Waals surface area contributed by atoms with Crippen molar-refractivity contribution >= 4 is 13.6 Å². The average Bonchev–Trinajstić information content (AvgIpc) is 2.56. The Morgan fingerprint density at radius 3 is 1.46 bits per heavy atom. The lowest BCUT2D eigenvalue weighted by Gasteiger charge is -2.05. The van der Waals surface area contributed by atoms with Crippen molar-refractivity contribution in [2.75, 3.05) is 6.61 Å². The summed E-state index contributed by atoms with van der Waals surface area (Å²) in [5.74, 6) is 0.208. The molecule has 0 bridgehead atoms. The zero-order valence-corrected chi connectivity index (χ0v) is 17.5. The Morgan fingerprint density at radius 2 is 1.12 bits per heavy atom. The van der Waals surface area contributed by atoms with Crippen LogP contribution >= 0.6 is 7.82 Å². The molecule has 26 heavy (non-hydrogen) atoms. The van der Waals surface area contributed by atoms with E-state index in [1.54, 1.807) is 6.92 Å². The minimum Gasteiger partial charge on any atom is -0.303 e. The van der Waals surface area contributed by atoms with Gasteiger partial charge in [0.15, 0.2) is 5.78 Å². The van der Waals surface area contributed by atoms with Crippen LogP contribution in [0.4, 0.5) is 0 Å². The summed E-state index contributed by atoms with van der Waals surface area (Å²) < 4.78 is 14.9. The molecule has 154 valence electrons. The largest absolute Gasteiger partial charge is 0.469 e. The van der Waals surface area contributed by atoms with Gasteiger partial charge in [0.05, 0.1) is 6.61 Å². The second kappa shape index (κ2) is 16.7. The van der Waals surface area contributed by atoms with Gasteiger partial charge >= 0.3 is 7.82 Å². The molecule has 6 heteroatoms. The lowest BCUT2D eigenvalue weighted by molar-refractivity contribution is -0.115. The van der Waals surface area contributed by atoms with Gasteiger partial charge in [-0.3, -0.25) is 9.32 Å². The molecule has 0 aliphatic rings. The molecule has 0 saturated carbocycles. The van der Waals surface area contributed by atoms with Crippen LogP contribution in [0, 0.1) is 0 Å². The topological polar surface area (TPSA) is 83.8 Å². The van der Waals surface area contributed by atoms with Crippen LogP contribution in [0.15, 0.2) is 12.2 Å². The van der Waals surface area contributed by atoms with Crippen LogP contribution in [0.5, 0.6) is 0 Å². The van der Waals surface area contributed by atoms with E-state index in [1.165, 1.54) is 57.8 Å². The number of phosphoric acid groups is 1. The van der Waals surface area contributed by atoms with Gasteiger partial charge in [-0.15, -0.1) is 0 Å². The molecule has 0 aliphatic heterocycles. The number of rotatable bonds is 19. The van der Waals surface area contributed by atoms with E-state index in [0.717, 1.165) is 25.7 Å². The molecule has 0 rings (SSSR count). The monoisotopic (exact) mass is 390 g/mol. The van der Waals surface area contributed by atoms with Crippen LogP contribution in [0.25, 0.3) is 0 Å². The molecule has 0 amide bonds. The molecule has 5 nitrogen and oxygen atoms in total. The molecule has 0 heterocycles. The van der Waals surface area contributed by atoms with Crippen LogP contribution in [0.1, 0.15) is 103 Å². The third-order valence-electron chi connectivity index (χ3n) is 4.53. The highest BCUT2D eigenvalue weighted by atomic mass is 31.2. The molecule has 0 saturated heterocycles. The highest BCUT2D eigenvalue weighted by Gasteiger charge is 2.12. The number of carbonyl (C=O) groups is 1. The predicted molar refractivity (Wildman–Crippen MR) is 107 cm³/mol. The van der Waals surface area contributed by atoms with Crippen LogP contribution in [0.3, 0.4) is 0 Å². The Labute approximate surface area is 159 Å². The van der Waals surface area contributed by atoms with E-state index < -0.39 is 7.82 Å². The standard InChI is InChI=1S/C20H39O5P/c1-19(2)20(21)17-15-13-11-9-7-5-3-4-6-8-10-12-14-16-18-25-26(22,23)24/h1,3-18H2,2H3,(H2,22,23,24). The van der Waals surface area contributed by atoms with Crippen molar-refractivity contribution < 1.29 is 23.7 Å². The summed E-state index contributed by atoms with van der Waals surface area (Å²) in [7, 11) is -4.28. The van der Waals surface area contributed by atoms with Crippen molar-refractivity contribution in [3.63, 3.8) is 0 Å². The number of unbranched alkanes of at least 4 members (excludes halogenated alkanes) is 13. The van der Waals surface area contributed by atoms with Crippen molar-refractivity contribution in [3.8, 4) is 0 Å². The zero-order chi connectivity index (χ0) is 19.7. The highest BCUT2D eigenvalue weighted by Crippen LogP contribution is 2.35. The molecular formula is C20H39O5P. The molecule has 0 aromatic rings. The first-order valence-electron chi connectivity index (χ1n) is 10.2. The summed E-state index contributed by atoms with van der Waals surface area (Å²) in [6.45, 7) is 5.61. The van der Waals surface area contributed by atoms with Gasteiger partial charge in [0.2, 0.25) is 0 Å². The van der Waals surface area contributed by atoms with Crippen LogP contribution in [-0.4, -0.2) is 22.2 Å². The van der Waals surface area contributed by atoms with E-state index in [1.807, 2.05) is 0 Å². The molecule has 0 aromatic carbocycles. The van der Waals surface area contributed by atoms with Crippen LogP contribution in [-0.2, 0) is 13.9 Å². The minimum atomic E-state index is -4.28. The van der Waals surface area contributed by atoms with Gasteiger partial charge in [-0.25, -0.2) is 4.57 Å². The quantitative estimate of drug-likeness (QED) is 0.158. The van der Waals surface area contributed by atoms with E-state index >= 15 is 0 Å². The third-order valence-corrected chi connectivity index (χ3v) is 5.05. The average molecular weight is 391 g/mol. The molecule has 0 aliphatic carbocycles. The van der Waals surface area contributed by atoms with E-state index in [0.29, 0.717) is 18.4 Å². The van der Waals surface area contributed by atoms with Gasteiger partial charge in [-0.2, -0.15) is 0 Å². The number of ketones is 1. The lowest BCUT2D eigenvalue weighted by Crippen LogP contribution is -1.97. The van der Waals surface area contributed by atoms with Gasteiger partial charge in [-0.05, 0) is 25.3 Å². The molecule has 2 N–H and O–H groups in total. The van der Waals surface area contributed by atoms with Crippen molar-refractivity contribution in [2.24, 2.45) is 0 Å². The second-order valence-corrected chi connectivity index (χ2v) is 8.47. The molecule has 0 unspecified atom stereocenters. The Balaban J connectivity index is 3.12. The second-order valence-electron chi connectivity index (χ2n) is 7.23. The fraction of sp³-hybridized carbons (Fsp3) is 0.850. The summed E-state index contributed by atoms with van der Waals surface area (Å²) in [5, 5.41) is 0. The Bertz CT molecular complexity index is 416. The Hall–Kier alpha value is -0.480. The minimum absolute atomic E-state index is 0.147. The Morgan fingerprint density at radius 1 is 0.769 bits per heavy atom. The summed E-state index contributed by atoms with van der Waals surface area (Å²) in [4.78, 5) is 28.5. The molecular weight excluding hydrogens is 351 g/mol. The number of hydrogen-bond acceptors (Lipinski definition) is 3. The smallest absolute Gasteiger partial charge is 0.303 e. The normalized spacial score (nSPS) is 11.7. The van der Waals surface area contributed by atoms with Crippen molar-refractivity contribution in [2.45, 2.75) is 103 Å². The first-order valence-corrected chi connectivity index (χ1v) is 11.7. The summed E-state index contributed by atoms with van der Waals surface area (Å²) in [6.07, 6.45) is 17.0. The SMILES string of the molecule is C=C(C)C(=O)CCCCCCCCCCCCCCCCOP(=O)(O)O. The molecule has 0 spiro atoms. The summed E-state index contributed by atoms with van der Waals surface area (Å²) in [5.41, 5.74) is 0.680. The molecule has 0 radical (unpaired) electrons. The van der Waals surface area contributed by atoms with Gasteiger partial charge in [0.25, 0.3) is 0 Å². The van der Waals surface area contributed by atoms with Gasteiger partial charge in [-0.1, -0.05) is 83.6 Å². The van der Waals surface area contributed by atoms with Crippen molar-refractivity contribution in [1.29, 1.82) is 0 Å². The van der Waals surface area contributed by atoms with Crippen molar-refractivity contribution in [1.82, 2.24) is 0 Å². The van der Waals surface area contributed by atoms with Crippen LogP contribution in [0.2, 0.25) is 0 Å². The van der Waals surface area contributed by atoms with Crippen LogP contribution < -0.4 is 0 Å². The van der Waals surface area contributed by atoms with E-state index in [-0.39, 0.29) is 12.4 Å². The van der Waals surface area contributed by atoms with Crippen molar-refractivity contribution in [3.05, 3.63) is 12.2 Å². The highest BCUT2D eigenvalue weighted by molar-refractivity contribution is 7.46. The number of phosphoric ester groups is 1. The summed E-state index contributed by atoms with van der Waals surface area (Å²) in [6, 6.07) is 0. The number of hydrogen-bond donors (Lipinski definition) is 2. The predicted octanol–water partition coefficient (Wildman–Crippen LogP) is 6.09. The third kappa shape index (κ3) is 19.8. The maximum Gasteiger partial charge on any atom is 0.469 e. The summed E-state index contributed by atoms with van der Waals surface area (Å²) >= 11 is 0. The maximum absolute atomic E-state index is 11.4. The number of allylic oxidation sites excluding steroid dienone is 1. The number of Topliss-reactive ketones (excluding diaryl/α,β-unsaturated/α-hetero) is 1. The van der Waals surface area contributed by atoms with E-state index in [2.05, 4.69) is 11.1 Å². The lowest BCUT2D eigenvalue weighted by atomic mass is 10.0. The van der Waals surface area contributed by atoms with Gasteiger partial charge in [0, 0.05) is 6.42 Å². The zero-order valence-electron chi connectivity index (χ0n) is 16.6. The fourth-order valence-corrected chi connectivity index (χ4v) is 3.27. The van der Waals surface area contributed by atoms with E-state index in [4.69, 9.17) is 9.79 Å². The first kappa shape index (κ1) is 25.5.